The molecule has 5 nitrogen and oxygen atoms in total. The molecule has 6 heteroatoms. The van der Waals surface area contributed by atoms with Crippen LogP contribution in [0.3, 0.4) is 0 Å². The summed E-state index contributed by atoms with van der Waals surface area (Å²) in [5, 5.41) is 0. The van der Waals surface area contributed by atoms with E-state index in [0.29, 0.717) is 0 Å². The van der Waals surface area contributed by atoms with E-state index in [9.17, 15) is 13.2 Å². The molecule has 0 aromatic heterocycles. The fourth-order valence-corrected chi connectivity index (χ4v) is 1.44. The highest BCUT2D eigenvalue weighted by atomic mass is 32.2. The molecular weight excluding hydrogens is 196 g/mol. The fraction of sp³-hybridized carbons (Fsp3) is 0.571. The van der Waals surface area contributed by atoms with Crippen LogP contribution in [0.1, 0.15) is 6.92 Å². The number of rotatable bonds is 5. The van der Waals surface area contributed by atoms with Gasteiger partial charge in [-0.25, -0.2) is 0 Å². The molecule has 1 N–H and O–H groups in total. The van der Waals surface area contributed by atoms with E-state index in [1.54, 1.807) is 0 Å². The minimum absolute atomic E-state index is 0.0364. The molecule has 0 amide bonds. The maximum Gasteiger partial charge on any atom is 0.310 e. The van der Waals surface area contributed by atoms with E-state index in [1.165, 1.54) is 13.0 Å². The molecule has 0 saturated heterocycles. The third-order valence-corrected chi connectivity index (χ3v) is 2.13. The first kappa shape index (κ1) is 12.1. The molecule has 1 unspecified atom stereocenters. The van der Waals surface area contributed by atoms with E-state index in [2.05, 4.69) is 11.3 Å². The summed E-state index contributed by atoms with van der Waals surface area (Å²) in [7, 11) is -4.12. The maximum absolute atomic E-state index is 10.9. The van der Waals surface area contributed by atoms with E-state index in [0.717, 1.165) is 0 Å². The second kappa shape index (κ2) is 4.98. The Morgan fingerprint density at radius 2 is 2.23 bits per heavy atom. The SMILES string of the molecule is C=CCOC(=O)C(C)CS(=O)(=O)O. The van der Waals surface area contributed by atoms with Crippen molar-refractivity contribution in [3.05, 3.63) is 12.7 Å². The van der Waals surface area contributed by atoms with Gasteiger partial charge in [-0.05, 0) is 0 Å². The van der Waals surface area contributed by atoms with Crippen molar-refractivity contribution in [3.63, 3.8) is 0 Å². The summed E-state index contributed by atoms with van der Waals surface area (Å²) in [5.41, 5.74) is 0. The number of carbonyl (C=O) groups is 1. The van der Waals surface area contributed by atoms with Gasteiger partial charge in [-0.3, -0.25) is 9.35 Å². The van der Waals surface area contributed by atoms with Gasteiger partial charge in [0.05, 0.1) is 11.7 Å². The predicted molar refractivity (Wildman–Crippen MR) is 46.7 cm³/mol. The Kier molecular flexibility index (Phi) is 4.64. The summed E-state index contributed by atoms with van der Waals surface area (Å²) in [5.74, 6) is -2.16. The summed E-state index contributed by atoms with van der Waals surface area (Å²) in [6, 6.07) is 0. The summed E-state index contributed by atoms with van der Waals surface area (Å²) in [4.78, 5) is 10.9. The molecule has 0 aliphatic carbocycles. The standard InChI is InChI=1S/C7H12O5S/c1-3-4-12-7(8)6(2)5-13(9,10)11/h3,6H,1,4-5H2,2H3,(H,9,10,11). The lowest BCUT2D eigenvalue weighted by Gasteiger charge is -2.07. The predicted octanol–water partition coefficient (Wildman–Crippen LogP) is 0.240. The minimum atomic E-state index is -4.12. The van der Waals surface area contributed by atoms with Crippen molar-refractivity contribution in [2.75, 3.05) is 12.4 Å². The Balaban J connectivity index is 4.04. The van der Waals surface area contributed by atoms with Gasteiger partial charge in [-0.2, -0.15) is 8.42 Å². The van der Waals surface area contributed by atoms with Gasteiger partial charge in [0.2, 0.25) is 0 Å². The molecule has 1 atom stereocenters. The van der Waals surface area contributed by atoms with Crippen molar-refractivity contribution in [1.29, 1.82) is 0 Å². The van der Waals surface area contributed by atoms with Gasteiger partial charge in [-0.15, -0.1) is 0 Å². The Morgan fingerprint density at radius 3 is 2.62 bits per heavy atom. The molecule has 0 bridgehead atoms. The summed E-state index contributed by atoms with van der Waals surface area (Å²) < 4.78 is 33.7. The van der Waals surface area contributed by atoms with Crippen molar-refractivity contribution in [3.8, 4) is 0 Å². The zero-order valence-corrected chi connectivity index (χ0v) is 8.08. The monoisotopic (exact) mass is 208 g/mol. The molecule has 0 radical (unpaired) electrons. The van der Waals surface area contributed by atoms with Crippen molar-refractivity contribution in [2.24, 2.45) is 5.92 Å². The van der Waals surface area contributed by atoms with Gasteiger partial charge in [0.25, 0.3) is 10.1 Å². The number of esters is 1. The first-order valence-electron chi connectivity index (χ1n) is 3.59. The molecule has 0 saturated carbocycles. The largest absolute Gasteiger partial charge is 0.461 e. The summed E-state index contributed by atoms with van der Waals surface area (Å²) >= 11 is 0. The summed E-state index contributed by atoms with van der Waals surface area (Å²) in [6.07, 6.45) is 1.37. The average Bonchev–Trinajstić information content (AvgIpc) is 1.96. The molecule has 0 aliphatic heterocycles. The molecule has 0 spiro atoms. The molecule has 0 aliphatic rings. The van der Waals surface area contributed by atoms with E-state index in [4.69, 9.17) is 4.55 Å². The quantitative estimate of drug-likeness (QED) is 0.397. The van der Waals surface area contributed by atoms with Gasteiger partial charge in [-0.1, -0.05) is 19.6 Å². The average molecular weight is 208 g/mol. The number of carbonyl (C=O) groups excluding carboxylic acids is 1. The topological polar surface area (TPSA) is 80.7 Å². The van der Waals surface area contributed by atoms with Crippen LogP contribution in [0.4, 0.5) is 0 Å². The smallest absolute Gasteiger partial charge is 0.310 e. The van der Waals surface area contributed by atoms with Crippen molar-refractivity contribution in [2.45, 2.75) is 6.92 Å². The van der Waals surface area contributed by atoms with E-state index in [1.807, 2.05) is 0 Å². The van der Waals surface area contributed by atoms with Crippen LogP contribution in [0.5, 0.6) is 0 Å². The molecule has 13 heavy (non-hydrogen) atoms. The van der Waals surface area contributed by atoms with Gasteiger partial charge in [0.15, 0.2) is 0 Å². The zero-order chi connectivity index (χ0) is 10.5. The van der Waals surface area contributed by atoms with Crippen molar-refractivity contribution >= 4 is 16.1 Å². The van der Waals surface area contributed by atoms with Crippen LogP contribution in [0.25, 0.3) is 0 Å². The number of ether oxygens (including phenoxy) is 1. The second-order valence-electron chi connectivity index (χ2n) is 2.57. The van der Waals surface area contributed by atoms with Crippen LogP contribution < -0.4 is 0 Å². The lowest BCUT2D eigenvalue weighted by molar-refractivity contribution is -0.145. The number of hydrogen-bond acceptors (Lipinski definition) is 4. The molecule has 0 aromatic rings. The van der Waals surface area contributed by atoms with Crippen molar-refractivity contribution < 1.29 is 22.5 Å². The van der Waals surface area contributed by atoms with Gasteiger partial charge in [0, 0.05) is 0 Å². The van der Waals surface area contributed by atoms with Gasteiger partial charge >= 0.3 is 5.97 Å². The van der Waals surface area contributed by atoms with Crippen LogP contribution in [0.15, 0.2) is 12.7 Å². The third kappa shape index (κ3) is 6.30. The van der Waals surface area contributed by atoms with Gasteiger partial charge < -0.3 is 4.74 Å². The highest BCUT2D eigenvalue weighted by Gasteiger charge is 2.20. The van der Waals surface area contributed by atoms with Crippen molar-refractivity contribution in [1.82, 2.24) is 0 Å². The maximum atomic E-state index is 10.9. The Bertz CT molecular complexity index is 279. The molecule has 0 fully saturated rings. The Hall–Kier alpha value is -0.880. The first-order chi connectivity index (χ1) is 5.87. The highest BCUT2D eigenvalue weighted by molar-refractivity contribution is 7.85. The Morgan fingerprint density at radius 1 is 1.69 bits per heavy atom. The van der Waals surface area contributed by atoms with Crippen LogP contribution in [0, 0.1) is 5.92 Å². The van der Waals surface area contributed by atoms with Gasteiger partial charge in [0.1, 0.15) is 6.61 Å². The molecule has 0 aromatic carbocycles. The lowest BCUT2D eigenvalue weighted by atomic mass is 10.2. The molecule has 0 heterocycles. The van der Waals surface area contributed by atoms with Crippen LogP contribution in [-0.2, 0) is 19.6 Å². The normalized spacial score (nSPS) is 13.4. The molecular formula is C7H12O5S. The Labute approximate surface area is 77.1 Å². The minimum Gasteiger partial charge on any atom is -0.461 e. The van der Waals surface area contributed by atoms with E-state index in [-0.39, 0.29) is 6.61 Å². The van der Waals surface area contributed by atoms with Crippen LogP contribution in [-0.4, -0.2) is 31.3 Å². The lowest BCUT2D eigenvalue weighted by Crippen LogP contribution is -2.23. The highest BCUT2D eigenvalue weighted by Crippen LogP contribution is 2.02. The van der Waals surface area contributed by atoms with Crippen LogP contribution in [0.2, 0.25) is 0 Å². The first-order valence-corrected chi connectivity index (χ1v) is 5.20. The molecule has 0 rings (SSSR count). The summed E-state index contributed by atoms with van der Waals surface area (Å²) in [6.45, 7) is 4.72. The number of hydrogen-bond donors (Lipinski definition) is 1. The van der Waals surface area contributed by atoms with Crippen LogP contribution >= 0.6 is 0 Å². The van der Waals surface area contributed by atoms with E-state index >= 15 is 0 Å². The zero-order valence-electron chi connectivity index (χ0n) is 7.26. The van der Waals surface area contributed by atoms with E-state index < -0.39 is 27.8 Å². The third-order valence-electron chi connectivity index (χ3n) is 1.21. The second-order valence-corrected chi connectivity index (χ2v) is 4.07. The molecule has 76 valence electrons. The fourth-order valence-electron chi connectivity index (χ4n) is 0.667.